The molecule has 2 rings (SSSR count). The fraction of sp³-hybridized carbons (Fsp3) is 0.250. The fourth-order valence-corrected chi connectivity index (χ4v) is 2.95. The van der Waals surface area contributed by atoms with Crippen molar-refractivity contribution in [3.05, 3.63) is 51.1 Å². The molecule has 2 aromatic carbocycles. The Hall–Kier alpha value is -2.62. The van der Waals surface area contributed by atoms with Crippen molar-refractivity contribution >= 4 is 46.3 Å². The van der Waals surface area contributed by atoms with E-state index in [1.54, 1.807) is 12.1 Å². The highest BCUT2D eigenvalue weighted by atomic mass is 127. The van der Waals surface area contributed by atoms with Gasteiger partial charge in [0.15, 0.2) is 11.5 Å². The molecule has 0 aliphatic heterocycles. The highest BCUT2D eigenvalue weighted by molar-refractivity contribution is 14.1. The highest BCUT2D eigenvalue weighted by Gasteiger charge is 2.09. The Bertz CT molecular complexity index is 884. The lowest BCUT2D eigenvalue weighted by Gasteiger charge is -2.08. The molecule has 7 nitrogen and oxygen atoms in total. The number of ether oxygens (including phenoxy) is 1. The molecular formula is C20H22IN3O4. The predicted octanol–water partition coefficient (Wildman–Crippen LogP) is 3.57. The van der Waals surface area contributed by atoms with Crippen LogP contribution < -0.4 is 15.5 Å². The van der Waals surface area contributed by atoms with Crippen LogP contribution in [0.5, 0.6) is 11.5 Å². The number of hydrogen-bond donors (Lipinski definition) is 3. The average molecular weight is 495 g/mol. The van der Waals surface area contributed by atoms with Gasteiger partial charge < -0.3 is 15.2 Å². The quantitative estimate of drug-likeness (QED) is 0.296. The lowest BCUT2D eigenvalue weighted by molar-refractivity contribution is -0.124. The van der Waals surface area contributed by atoms with E-state index in [4.69, 9.17) is 4.74 Å². The van der Waals surface area contributed by atoms with Gasteiger partial charge in [-0.05, 0) is 65.8 Å². The number of phenols is 1. The van der Waals surface area contributed by atoms with Gasteiger partial charge in [0.05, 0.1) is 16.4 Å². The first kappa shape index (κ1) is 21.7. The summed E-state index contributed by atoms with van der Waals surface area (Å²) in [6.07, 6.45) is 1.53. The maximum Gasteiger partial charge on any atom is 0.240 e. The van der Waals surface area contributed by atoms with Crippen LogP contribution in [0.25, 0.3) is 0 Å². The number of aryl methyl sites for hydroxylation is 1. The smallest absolute Gasteiger partial charge is 0.240 e. The van der Waals surface area contributed by atoms with E-state index < -0.39 is 0 Å². The molecule has 0 spiro atoms. The summed E-state index contributed by atoms with van der Waals surface area (Å²) >= 11 is 1.99. The third-order valence-corrected chi connectivity index (χ3v) is 4.57. The normalized spacial score (nSPS) is 10.7. The molecule has 8 heteroatoms. The second-order valence-corrected chi connectivity index (χ2v) is 7.10. The minimum absolute atomic E-state index is 0.0202. The third-order valence-electron chi connectivity index (χ3n) is 3.75. The molecule has 0 radical (unpaired) electrons. The van der Waals surface area contributed by atoms with E-state index in [2.05, 4.69) is 15.8 Å². The Labute approximate surface area is 177 Å². The summed E-state index contributed by atoms with van der Waals surface area (Å²) in [5.41, 5.74) is 4.75. The largest absolute Gasteiger partial charge is 0.504 e. The Morgan fingerprint density at radius 2 is 1.93 bits per heavy atom. The second-order valence-electron chi connectivity index (χ2n) is 5.94. The summed E-state index contributed by atoms with van der Waals surface area (Å²) in [5, 5.41) is 16.6. The summed E-state index contributed by atoms with van der Waals surface area (Å²) in [6, 6.07) is 10.8. The third kappa shape index (κ3) is 6.52. The number of carbonyl (C=O) groups excluding carboxylic acids is 2. The molecule has 0 atom stereocenters. The molecule has 0 saturated carbocycles. The Kier molecular flexibility index (Phi) is 8.24. The molecule has 0 unspecified atom stereocenters. The van der Waals surface area contributed by atoms with Gasteiger partial charge in [-0.3, -0.25) is 9.59 Å². The first-order chi connectivity index (χ1) is 13.4. The number of benzene rings is 2. The van der Waals surface area contributed by atoms with Crippen LogP contribution in [0.2, 0.25) is 0 Å². The number of rotatable bonds is 8. The Morgan fingerprint density at radius 3 is 2.64 bits per heavy atom. The average Bonchev–Trinajstić information content (AvgIpc) is 2.66. The number of hydrogen-bond acceptors (Lipinski definition) is 5. The maximum atomic E-state index is 12.0. The topological polar surface area (TPSA) is 100 Å². The Balaban J connectivity index is 1.83. The summed E-state index contributed by atoms with van der Waals surface area (Å²) in [5.74, 6) is -0.170. The van der Waals surface area contributed by atoms with Crippen molar-refractivity contribution < 1.29 is 19.4 Å². The molecule has 0 heterocycles. The standard InChI is InChI=1S/C20H22IN3O4/c1-3-28-17-11-14(10-15(21)20(17)27)12-22-24-19(26)9-8-18(25)23-16-7-5-4-6-13(16)2/h4-7,10-12,27H,3,8-9H2,1-2H3,(H,23,25)(H,24,26). The molecule has 0 aliphatic carbocycles. The van der Waals surface area contributed by atoms with E-state index in [1.165, 1.54) is 6.21 Å². The lowest BCUT2D eigenvalue weighted by Crippen LogP contribution is -2.20. The number of anilines is 1. The van der Waals surface area contributed by atoms with Crippen LogP contribution in [0.15, 0.2) is 41.5 Å². The van der Waals surface area contributed by atoms with E-state index in [0.717, 1.165) is 11.3 Å². The monoisotopic (exact) mass is 495 g/mol. The van der Waals surface area contributed by atoms with Gasteiger partial charge in [0.2, 0.25) is 11.8 Å². The van der Waals surface area contributed by atoms with Crippen LogP contribution in [0.1, 0.15) is 30.9 Å². The van der Waals surface area contributed by atoms with E-state index in [-0.39, 0.29) is 30.4 Å². The molecule has 28 heavy (non-hydrogen) atoms. The highest BCUT2D eigenvalue weighted by Crippen LogP contribution is 2.32. The van der Waals surface area contributed by atoms with Crippen LogP contribution in [0.3, 0.4) is 0 Å². The van der Waals surface area contributed by atoms with Gasteiger partial charge in [0.1, 0.15) is 0 Å². The number of halogens is 1. The van der Waals surface area contributed by atoms with Gasteiger partial charge in [-0.25, -0.2) is 5.43 Å². The first-order valence-electron chi connectivity index (χ1n) is 8.73. The maximum absolute atomic E-state index is 12.0. The zero-order valence-electron chi connectivity index (χ0n) is 15.7. The van der Waals surface area contributed by atoms with E-state index in [1.807, 2.05) is 60.7 Å². The van der Waals surface area contributed by atoms with Gasteiger partial charge in [-0.1, -0.05) is 18.2 Å². The number of carbonyl (C=O) groups is 2. The van der Waals surface area contributed by atoms with Gasteiger partial charge >= 0.3 is 0 Å². The molecule has 0 saturated heterocycles. The molecule has 2 aromatic rings. The molecule has 0 bridgehead atoms. The van der Waals surface area contributed by atoms with Crippen LogP contribution in [0, 0.1) is 10.5 Å². The van der Waals surface area contributed by atoms with Gasteiger partial charge in [-0.15, -0.1) is 0 Å². The van der Waals surface area contributed by atoms with Crippen LogP contribution in [-0.4, -0.2) is 29.7 Å². The van der Waals surface area contributed by atoms with E-state index in [9.17, 15) is 14.7 Å². The van der Waals surface area contributed by atoms with Crippen molar-refractivity contribution in [2.45, 2.75) is 26.7 Å². The summed E-state index contributed by atoms with van der Waals surface area (Å²) in [4.78, 5) is 23.8. The number of para-hydroxylation sites is 1. The van der Waals surface area contributed by atoms with Gasteiger partial charge in [0.25, 0.3) is 0 Å². The molecule has 148 valence electrons. The zero-order valence-corrected chi connectivity index (χ0v) is 17.8. The van der Waals surface area contributed by atoms with Crippen LogP contribution in [-0.2, 0) is 9.59 Å². The number of phenolic OH excluding ortho intramolecular Hbond substituents is 1. The number of hydrazone groups is 1. The van der Waals surface area contributed by atoms with Crippen molar-refractivity contribution in [3.8, 4) is 11.5 Å². The van der Waals surface area contributed by atoms with Crippen LogP contribution >= 0.6 is 22.6 Å². The summed E-state index contributed by atoms with van der Waals surface area (Å²) in [6.45, 7) is 4.15. The number of amides is 2. The summed E-state index contributed by atoms with van der Waals surface area (Å²) in [7, 11) is 0. The SMILES string of the molecule is CCOc1cc(C=NNC(=O)CCC(=O)Nc2ccccc2C)cc(I)c1O. The zero-order chi connectivity index (χ0) is 20.5. The van der Waals surface area contributed by atoms with E-state index in [0.29, 0.717) is 21.5 Å². The number of nitrogens with zero attached hydrogens (tertiary/aromatic N) is 1. The molecule has 0 aliphatic rings. The van der Waals surface area contributed by atoms with Crippen LogP contribution in [0.4, 0.5) is 5.69 Å². The second kappa shape index (κ2) is 10.6. The van der Waals surface area contributed by atoms with Crippen molar-refractivity contribution in [2.24, 2.45) is 5.10 Å². The van der Waals surface area contributed by atoms with Crippen molar-refractivity contribution in [1.82, 2.24) is 5.43 Å². The van der Waals surface area contributed by atoms with Gasteiger partial charge in [-0.2, -0.15) is 5.10 Å². The predicted molar refractivity (Wildman–Crippen MR) is 117 cm³/mol. The van der Waals surface area contributed by atoms with Crippen molar-refractivity contribution in [3.63, 3.8) is 0 Å². The number of nitrogens with one attached hydrogen (secondary N) is 2. The minimum Gasteiger partial charge on any atom is -0.504 e. The summed E-state index contributed by atoms with van der Waals surface area (Å²) < 4.78 is 5.97. The van der Waals surface area contributed by atoms with Crippen molar-refractivity contribution in [2.75, 3.05) is 11.9 Å². The first-order valence-corrected chi connectivity index (χ1v) is 9.81. The molecule has 0 fully saturated rings. The molecule has 3 N–H and O–H groups in total. The number of aromatic hydroxyl groups is 1. The molecule has 2 amide bonds. The lowest BCUT2D eigenvalue weighted by atomic mass is 10.2. The fourth-order valence-electron chi connectivity index (χ4n) is 2.32. The molecular weight excluding hydrogens is 473 g/mol. The van der Waals surface area contributed by atoms with Gasteiger partial charge in [0, 0.05) is 18.5 Å². The Morgan fingerprint density at radius 1 is 1.21 bits per heavy atom. The minimum atomic E-state index is -0.366. The molecule has 0 aromatic heterocycles. The van der Waals surface area contributed by atoms with E-state index >= 15 is 0 Å². The van der Waals surface area contributed by atoms with Crippen molar-refractivity contribution in [1.29, 1.82) is 0 Å².